The molecule has 1 aromatic carbocycles. The van der Waals surface area contributed by atoms with Crippen LogP contribution in [0.5, 0.6) is 0 Å². The van der Waals surface area contributed by atoms with Crippen LogP contribution in [0.1, 0.15) is 19.8 Å². The molecule has 1 saturated carbocycles. The Morgan fingerprint density at radius 3 is 2.78 bits per heavy atom. The van der Waals surface area contributed by atoms with Crippen molar-refractivity contribution >= 4 is 11.6 Å². The Hall–Kier alpha value is -1.62. The molecule has 0 unspecified atom stereocenters. The van der Waals surface area contributed by atoms with E-state index in [0.29, 0.717) is 25.1 Å². The van der Waals surface area contributed by atoms with Crippen LogP contribution >= 0.6 is 0 Å². The third-order valence-electron chi connectivity index (χ3n) is 3.27. The van der Waals surface area contributed by atoms with E-state index in [1.807, 2.05) is 6.92 Å². The molecule has 0 radical (unpaired) electrons. The van der Waals surface area contributed by atoms with E-state index in [0.717, 1.165) is 0 Å². The van der Waals surface area contributed by atoms with Crippen molar-refractivity contribution in [3.05, 3.63) is 30.1 Å². The zero-order chi connectivity index (χ0) is 13.2. The van der Waals surface area contributed by atoms with Gasteiger partial charge in [-0.3, -0.25) is 4.79 Å². The van der Waals surface area contributed by atoms with Crippen LogP contribution in [-0.4, -0.2) is 24.2 Å². The molecule has 0 aromatic heterocycles. The summed E-state index contributed by atoms with van der Waals surface area (Å²) in [5, 5.41) is 2.92. The number of carbonyl (C=O) groups excluding carboxylic acids is 1. The molecule has 18 heavy (non-hydrogen) atoms. The van der Waals surface area contributed by atoms with Gasteiger partial charge in [0.2, 0.25) is 5.91 Å². The van der Waals surface area contributed by atoms with Gasteiger partial charge in [0.25, 0.3) is 0 Å². The highest BCUT2D eigenvalue weighted by atomic mass is 19.1. The Balaban J connectivity index is 2.10. The first-order valence-electron chi connectivity index (χ1n) is 6.01. The summed E-state index contributed by atoms with van der Waals surface area (Å²) in [6.45, 7) is 2.49. The molecule has 0 heterocycles. The van der Waals surface area contributed by atoms with Crippen molar-refractivity contribution in [2.75, 3.05) is 11.9 Å². The zero-order valence-corrected chi connectivity index (χ0v) is 10.3. The van der Waals surface area contributed by atoms with Gasteiger partial charge in [-0.1, -0.05) is 12.1 Å². The fourth-order valence-corrected chi connectivity index (χ4v) is 2.26. The summed E-state index contributed by atoms with van der Waals surface area (Å²) < 4.78 is 19.0. The van der Waals surface area contributed by atoms with Crippen LogP contribution in [0.4, 0.5) is 10.1 Å². The number of hydrogen-bond acceptors (Lipinski definition) is 3. The molecule has 4 nitrogen and oxygen atoms in total. The fraction of sp³-hybridized carbons (Fsp3) is 0.462. The Kier molecular flexibility index (Phi) is 3.52. The second kappa shape index (κ2) is 4.94. The van der Waals surface area contributed by atoms with Gasteiger partial charge < -0.3 is 15.8 Å². The maximum atomic E-state index is 13.5. The van der Waals surface area contributed by atoms with Crippen molar-refractivity contribution in [1.82, 2.24) is 0 Å². The molecular weight excluding hydrogens is 235 g/mol. The van der Waals surface area contributed by atoms with Crippen molar-refractivity contribution in [1.29, 1.82) is 0 Å². The normalized spacial score (nSPS) is 26.4. The molecule has 3 N–H and O–H groups in total. The van der Waals surface area contributed by atoms with Gasteiger partial charge in [-0.05, 0) is 19.1 Å². The summed E-state index contributed by atoms with van der Waals surface area (Å²) in [6.07, 6.45) is 0.969. The Morgan fingerprint density at radius 1 is 1.56 bits per heavy atom. The molecule has 1 fully saturated rings. The molecule has 1 aromatic rings. The first-order chi connectivity index (χ1) is 8.57. The number of rotatable bonds is 5. The topological polar surface area (TPSA) is 64.3 Å². The summed E-state index contributed by atoms with van der Waals surface area (Å²) in [6, 6.07) is 6.24. The lowest BCUT2D eigenvalue weighted by Crippen LogP contribution is -2.62. The number of anilines is 1. The molecular formula is C13H17FN2O2. The lowest BCUT2D eigenvalue weighted by molar-refractivity contribution is -0.131. The molecule has 0 saturated heterocycles. The van der Waals surface area contributed by atoms with E-state index in [4.69, 9.17) is 10.5 Å². The smallest absolute Gasteiger partial charge is 0.243 e. The third-order valence-corrected chi connectivity index (χ3v) is 3.27. The van der Waals surface area contributed by atoms with Crippen molar-refractivity contribution in [3.63, 3.8) is 0 Å². The van der Waals surface area contributed by atoms with Gasteiger partial charge in [-0.2, -0.15) is 0 Å². The molecule has 0 atom stereocenters. The molecule has 1 amide bonds. The van der Waals surface area contributed by atoms with E-state index in [1.165, 1.54) is 6.07 Å². The van der Waals surface area contributed by atoms with Crippen molar-refractivity contribution < 1.29 is 13.9 Å². The summed E-state index contributed by atoms with van der Waals surface area (Å²) >= 11 is 0. The van der Waals surface area contributed by atoms with Crippen molar-refractivity contribution in [2.45, 2.75) is 31.4 Å². The standard InChI is InChI=1S/C13H17FN2O2/c1-2-18-9-7-13(8-9,12(15)17)16-11-6-4-3-5-10(11)14/h3-6,9,16H,2,7-8H2,1H3,(H2,15,17). The minimum Gasteiger partial charge on any atom is -0.378 e. The maximum Gasteiger partial charge on any atom is 0.243 e. The fourth-order valence-electron chi connectivity index (χ4n) is 2.26. The molecule has 5 heteroatoms. The summed E-state index contributed by atoms with van der Waals surface area (Å²) in [7, 11) is 0. The highest BCUT2D eigenvalue weighted by Crippen LogP contribution is 2.38. The zero-order valence-electron chi connectivity index (χ0n) is 10.3. The van der Waals surface area contributed by atoms with Crippen molar-refractivity contribution in [3.8, 4) is 0 Å². The molecule has 2 rings (SSSR count). The number of nitrogens with two attached hydrogens (primary N) is 1. The molecule has 1 aliphatic carbocycles. The van der Waals surface area contributed by atoms with E-state index in [1.54, 1.807) is 18.2 Å². The number of para-hydroxylation sites is 1. The largest absolute Gasteiger partial charge is 0.378 e. The predicted octanol–water partition coefficient (Wildman–Crippen LogP) is 1.66. The second-order valence-corrected chi connectivity index (χ2v) is 4.54. The van der Waals surface area contributed by atoms with Gasteiger partial charge in [0.1, 0.15) is 11.4 Å². The summed E-state index contributed by atoms with van der Waals surface area (Å²) in [5.41, 5.74) is 4.82. The molecule has 98 valence electrons. The first-order valence-corrected chi connectivity index (χ1v) is 6.01. The van der Waals surface area contributed by atoms with E-state index < -0.39 is 17.3 Å². The van der Waals surface area contributed by atoms with Gasteiger partial charge in [-0.25, -0.2) is 4.39 Å². The van der Waals surface area contributed by atoms with Gasteiger partial charge in [0.15, 0.2) is 0 Å². The maximum absolute atomic E-state index is 13.5. The average molecular weight is 252 g/mol. The number of ether oxygens (including phenoxy) is 1. The molecule has 0 spiro atoms. The quantitative estimate of drug-likeness (QED) is 0.837. The first kappa shape index (κ1) is 12.8. The van der Waals surface area contributed by atoms with Crippen LogP contribution in [0.15, 0.2) is 24.3 Å². The van der Waals surface area contributed by atoms with Crippen LogP contribution in [0.2, 0.25) is 0 Å². The lowest BCUT2D eigenvalue weighted by Gasteiger charge is -2.45. The monoisotopic (exact) mass is 252 g/mol. The van der Waals surface area contributed by atoms with Crippen LogP contribution in [-0.2, 0) is 9.53 Å². The number of hydrogen-bond donors (Lipinski definition) is 2. The molecule has 1 aliphatic rings. The number of benzene rings is 1. The number of primary amides is 1. The van der Waals surface area contributed by atoms with E-state index >= 15 is 0 Å². The highest BCUT2D eigenvalue weighted by molar-refractivity contribution is 5.89. The van der Waals surface area contributed by atoms with Gasteiger partial charge in [-0.15, -0.1) is 0 Å². The Bertz CT molecular complexity index is 444. The SMILES string of the molecule is CCOC1CC(Nc2ccccc2F)(C(N)=O)C1. The van der Waals surface area contributed by atoms with Crippen LogP contribution in [0.25, 0.3) is 0 Å². The summed E-state index contributed by atoms with van der Waals surface area (Å²) in [5.74, 6) is -0.861. The van der Waals surface area contributed by atoms with E-state index in [-0.39, 0.29) is 6.10 Å². The van der Waals surface area contributed by atoms with Crippen LogP contribution in [0, 0.1) is 5.82 Å². The average Bonchev–Trinajstić information content (AvgIpc) is 2.28. The van der Waals surface area contributed by atoms with Gasteiger partial charge in [0, 0.05) is 19.4 Å². The van der Waals surface area contributed by atoms with E-state index in [2.05, 4.69) is 5.32 Å². The summed E-state index contributed by atoms with van der Waals surface area (Å²) in [4.78, 5) is 11.6. The Labute approximate surface area is 105 Å². The number of halogens is 1. The van der Waals surface area contributed by atoms with E-state index in [9.17, 15) is 9.18 Å². The lowest BCUT2D eigenvalue weighted by atomic mass is 9.73. The molecule has 0 aliphatic heterocycles. The number of nitrogens with one attached hydrogen (secondary N) is 1. The van der Waals surface area contributed by atoms with Crippen LogP contribution in [0.3, 0.4) is 0 Å². The number of carbonyl (C=O) groups is 1. The predicted molar refractivity (Wildman–Crippen MR) is 66.6 cm³/mol. The minimum atomic E-state index is -0.887. The van der Waals surface area contributed by atoms with Crippen molar-refractivity contribution in [2.24, 2.45) is 5.73 Å². The van der Waals surface area contributed by atoms with Gasteiger partial charge >= 0.3 is 0 Å². The third kappa shape index (κ3) is 2.31. The molecule has 0 bridgehead atoms. The van der Waals surface area contributed by atoms with Crippen LogP contribution < -0.4 is 11.1 Å². The van der Waals surface area contributed by atoms with Gasteiger partial charge in [0.05, 0.1) is 11.8 Å². The Morgan fingerprint density at radius 2 is 2.22 bits per heavy atom. The number of amides is 1. The second-order valence-electron chi connectivity index (χ2n) is 4.54. The highest BCUT2D eigenvalue weighted by Gasteiger charge is 2.50. The minimum absolute atomic E-state index is 0.0155.